The van der Waals surface area contributed by atoms with Crippen LogP contribution in [0.3, 0.4) is 0 Å². The summed E-state index contributed by atoms with van der Waals surface area (Å²) in [6.45, 7) is 10.1. The molecule has 1 aromatic carbocycles. The maximum atomic E-state index is 11.2. The quantitative estimate of drug-likeness (QED) is 0.709. The Morgan fingerprint density at radius 2 is 2.00 bits per heavy atom. The SMILES string of the molecule is CCN(CC)CCCNc1ccc(C)cc1C(=O)O. The zero-order valence-electron chi connectivity index (χ0n) is 12.1. The largest absolute Gasteiger partial charge is 0.478 e. The Kier molecular flexibility index (Phi) is 6.36. The van der Waals surface area contributed by atoms with Crippen LogP contribution in [0.1, 0.15) is 36.2 Å². The summed E-state index contributed by atoms with van der Waals surface area (Å²) in [5, 5.41) is 12.4. The molecule has 0 heterocycles. The molecule has 0 radical (unpaired) electrons. The van der Waals surface area contributed by atoms with Gasteiger partial charge in [-0.3, -0.25) is 0 Å². The van der Waals surface area contributed by atoms with Gasteiger partial charge in [-0.15, -0.1) is 0 Å². The smallest absolute Gasteiger partial charge is 0.337 e. The molecule has 4 heteroatoms. The van der Waals surface area contributed by atoms with Crippen molar-refractivity contribution in [2.45, 2.75) is 27.2 Å². The van der Waals surface area contributed by atoms with Crippen LogP contribution in [0.25, 0.3) is 0 Å². The minimum atomic E-state index is -0.880. The number of carboxylic acid groups (broad SMARTS) is 1. The summed E-state index contributed by atoms with van der Waals surface area (Å²) in [4.78, 5) is 13.5. The predicted octanol–water partition coefficient (Wildman–Crippen LogP) is 2.84. The highest BCUT2D eigenvalue weighted by molar-refractivity contribution is 5.94. The number of aryl methyl sites for hydroxylation is 1. The van der Waals surface area contributed by atoms with E-state index in [4.69, 9.17) is 5.11 Å². The van der Waals surface area contributed by atoms with E-state index < -0.39 is 5.97 Å². The second-order valence-corrected chi connectivity index (χ2v) is 4.66. The van der Waals surface area contributed by atoms with Crippen molar-refractivity contribution in [3.05, 3.63) is 29.3 Å². The average Bonchev–Trinajstić information content (AvgIpc) is 2.40. The fraction of sp³-hybridized carbons (Fsp3) is 0.533. The Balaban J connectivity index is 2.51. The Hall–Kier alpha value is -1.55. The van der Waals surface area contributed by atoms with Gasteiger partial charge in [-0.1, -0.05) is 25.5 Å². The molecular formula is C15H24N2O2. The summed E-state index contributed by atoms with van der Waals surface area (Å²) in [5.74, 6) is -0.880. The number of benzene rings is 1. The minimum Gasteiger partial charge on any atom is -0.478 e. The van der Waals surface area contributed by atoms with E-state index >= 15 is 0 Å². The molecule has 1 aromatic rings. The van der Waals surface area contributed by atoms with Crippen LogP contribution in [0.2, 0.25) is 0 Å². The molecule has 0 fully saturated rings. The molecule has 2 N–H and O–H groups in total. The van der Waals surface area contributed by atoms with E-state index in [1.54, 1.807) is 6.07 Å². The van der Waals surface area contributed by atoms with E-state index in [9.17, 15) is 4.79 Å². The molecule has 1 rings (SSSR count). The van der Waals surface area contributed by atoms with E-state index in [-0.39, 0.29) is 0 Å². The fourth-order valence-corrected chi connectivity index (χ4v) is 2.05. The van der Waals surface area contributed by atoms with Crippen LogP contribution in [-0.2, 0) is 0 Å². The topological polar surface area (TPSA) is 52.6 Å². The molecule has 19 heavy (non-hydrogen) atoms. The highest BCUT2D eigenvalue weighted by atomic mass is 16.4. The first kappa shape index (κ1) is 15.5. The molecule has 4 nitrogen and oxygen atoms in total. The summed E-state index contributed by atoms with van der Waals surface area (Å²) in [7, 11) is 0. The third kappa shape index (κ3) is 4.91. The predicted molar refractivity (Wildman–Crippen MR) is 79.0 cm³/mol. The molecule has 0 aliphatic heterocycles. The standard InChI is InChI=1S/C15H24N2O2/c1-4-17(5-2)10-6-9-16-14-8-7-12(3)11-13(14)15(18)19/h7-8,11,16H,4-6,9-10H2,1-3H3,(H,18,19). The number of aromatic carboxylic acids is 1. The van der Waals surface area contributed by atoms with Crippen molar-refractivity contribution in [2.75, 3.05) is 31.5 Å². The number of hydrogen-bond donors (Lipinski definition) is 2. The van der Waals surface area contributed by atoms with Gasteiger partial charge in [0.05, 0.1) is 5.56 Å². The number of carboxylic acids is 1. The van der Waals surface area contributed by atoms with Gasteiger partial charge in [0.15, 0.2) is 0 Å². The minimum absolute atomic E-state index is 0.350. The number of nitrogens with one attached hydrogen (secondary N) is 1. The summed E-state index contributed by atoms with van der Waals surface area (Å²) in [5.41, 5.74) is 2.02. The van der Waals surface area contributed by atoms with E-state index in [0.29, 0.717) is 11.3 Å². The Morgan fingerprint density at radius 1 is 1.32 bits per heavy atom. The second kappa shape index (κ2) is 7.79. The average molecular weight is 264 g/mol. The zero-order chi connectivity index (χ0) is 14.3. The van der Waals surface area contributed by atoms with Crippen molar-refractivity contribution in [3.63, 3.8) is 0 Å². The molecule has 0 aliphatic carbocycles. The number of hydrogen-bond acceptors (Lipinski definition) is 3. The zero-order valence-corrected chi connectivity index (χ0v) is 12.1. The number of anilines is 1. The van der Waals surface area contributed by atoms with Crippen LogP contribution in [-0.4, -0.2) is 42.2 Å². The van der Waals surface area contributed by atoms with E-state index in [1.165, 1.54) is 0 Å². The first-order chi connectivity index (χ1) is 9.08. The third-order valence-electron chi connectivity index (χ3n) is 3.27. The Morgan fingerprint density at radius 3 is 2.58 bits per heavy atom. The number of carbonyl (C=O) groups is 1. The van der Waals surface area contributed by atoms with Gasteiger partial charge >= 0.3 is 5.97 Å². The van der Waals surface area contributed by atoms with Crippen molar-refractivity contribution in [1.29, 1.82) is 0 Å². The third-order valence-corrected chi connectivity index (χ3v) is 3.27. The van der Waals surface area contributed by atoms with Crippen molar-refractivity contribution >= 4 is 11.7 Å². The van der Waals surface area contributed by atoms with Gasteiger partial charge in [0.25, 0.3) is 0 Å². The number of nitrogens with zero attached hydrogens (tertiary/aromatic N) is 1. The first-order valence-corrected chi connectivity index (χ1v) is 6.88. The summed E-state index contributed by atoms with van der Waals surface area (Å²) in [6.07, 6.45) is 1.01. The lowest BCUT2D eigenvalue weighted by atomic mass is 10.1. The van der Waals surface area contributed by atoms with Gasteiger partial charge in [-0.2, -0.15) is 0 Å². The lowest BCUT2D eigenvalue weighted by Crippen LogP contribution is -2.25. The molecule has 0 saturated heterocycles. The summed E-state index contributed by atoms with van der Waals surface area (Å²) in [6, 6.07) is 5.48. The highest BCUT2D eigenvalue weighted by Crippen LogP contribution is 2.17. The van der Waals surface area contributed by atoms with E-state index in [0.717, 1.165) is 38.2 Å². The lowest BCUT2D eigenvalue weighted by Gasteiger charge is -2.18. The normalized spacial score (nSPS) is 10.7. The molecule has 0 saturated carbocycles. The summed E-state index contributed by atoms with van der Waals surface area (Å²) >= 11 is 0. The van der Waals surface area contributed by atoms with Crippen molar-refractivity contribution < 1.29 is 9.90 Å². The van der Waals surface area contributed by atoms with Gasteiger partial charge in [-0.05, 0) is 45.1 Å². The van der Waals surface area contributed by atoms with Crippen molar-refractivity contribution in [1.82, 2.24) is 4.90 Å². The van der Waals surface area contributed by atoms with Gasteiger partial charge in [0, 0.05) is 12.2 Å². The van der Waals surface area contributed by atoms with Crippen LogP contribution in [0.5, 0.6) is 0 Å². The van der Waals surface area contributed by atoms with Crippen LogP contribution in [0.15, 0.2) is 18.2 Å². The Labute approximate surface area is 115 Å². The van der Waals surface area contributed by atoms with Gasteiger partial charge in [0.1, 0.15) is 0 Å². The van der Waals surface area contributed by atoms with Gasteiger partial charge in [-0.25, -0.2) is 4.79 Å². The molecule has 0 bridgehead atoms. The van der Waals surface area contributed by atoms with Crippen molar-refractivity contribution in [3.8, 4) is 0 Å². The first-order valence-electron chi connectivity index (χ1n) is 6.88. The number of rotatable bonds is 8. The van der Waals surface area contributed by atoms with Gasteiger partial charge < -0.3 is 15.3 Å². The fourth-order valence-electron chi connectivity index (χ4n) is 2.05. The Bertz CT molecular complexity index is 415. The molecule has 0 amide bonds. The second-order valence-electron chi connectivity index (χ2n) is 4.66. The highest BCUT2D eigenvalue weighted by Gasteiger charge is 2.09. The monoisotopic (exact) mass is 264 g/mol. The molecule has 106 valence electrons. The van der Waals surface area contributed by atoms with Gasteiger partial charge in [0.2, 0.25) is 0 Å². The molecular weight excluding hydrogens is 240 g/mol. The van der Waals surface area contributed by atoms with Crippen molar-refractivity contribution in [2.24, 2.45) is 0 Å². The molecule has 0 atom stereocenters. The molecule has 0 aliphatic rings. The van der Waals surface area contributed by atoms with Crippen LogP contribution in [0.4, 0.5) is 5.69 Å². The summed E-state index contributed by atoms with van der Waals surface area (Å²) < 4.78 is 0. The van der Waals surface area contributed by atoms with Crippen LogP contribution < -0.4 is 5.32 Å². The molecule has 0 unspecified atom stereocenters. The van der Waals surface area contributed by atoms with Crippen LogP contribution in [0, 0.1) is 6.92 Å². The molecule has 0 spiro atoms. The van der Waals surface area contributed by atoms with E-state index in [1.807, 2.05) is 19.1 Å². The maximum absolute atomic E-state index is 11.2. The van der Waals surface area contributed by atoms with Crippen LogP contribution >= 0.6 is 0 Å². The lowest BCUT2D eigenvalue weighted by molar-refractivity contribution is 0.0698. The molecule has 0 aromatic heterocycles. The van der Waals surface area contributed by atoms with E-state index in [2.05, 4.69) is 24.1 Å². The maximum Gasteiger partial charge on any atom is 0.337 e.